The Morgan fingerprint density at radius 1 is 1.00 bits per heavy atom. The molecule has 0 bridgehead atoms. The Morgan fingerprint density at radius 2 is 1.69 bits per heavy atom. The Bertz CT molecular complexity index is 2140. The summed E-state index contributed by atoms with van der Waals surface area (Å²) in [7, 11) is -0.791. The number of methoxy groups -OCH3 is 1. The van der Waals surface area contributed by atoms with Crippen LogP contribution < -0.4 is 15.7 Å². The molecule has 14 nitrogen and oxygen atoms in total. The molecule has 0 saturated heterocycles. The van der Waals surface area contributed by atoms with Gasteiger partial charge in [0.25, 0.3) is 0 Å². The molecule has 0 unspecified atom stereocenters. The number of hydrogen-bond acceptors (Lipinski definition) is 9. The van der Waals surface area contributed by atoms with Gasteiger partial charge in [-0.05, 0) is 60.2 Å². The van der Waals surface area contributed by atoms with Gasteiger partial charge in [-0.15, -0.1) is 0 Å². The summed E-state index contributed by atoms with van der Waals surface area (Å²) in [6.45, 7) is 7.06. The third kappa shape index (κ3) is 8.38. The number of nitrogens with zero attached hydrogens (tertiary/aromatic N) is 6. The number of benzene rings is 2. The first-order valence-electron chi connectivity index (χ1n) is 17.1. The van der Waals surface area contributed by atoms with Crippen LogP contribution in [0.3, 0.4) is 0 Å². The Morgan fingerprint density at radius 3 is 2.31 bits per heavy atom. The van der Waals surface area contributed by atoms with Crippen LogP contribution in [0.25, 0.3) is 11.2 Å². The predicted molar refractivity (Wildman–Crippen MR) is 197 cm³/mol. The number of aliphatic hydroxyl groups is 1. The minimum absolute atomic E-state index is 0.0447. The number of aromatic nitrogens is 5. The van der Waals surface area contributed by atoms with E-state index in [1.54, 1.807) is 55.9 Å². The highest BCUT2D eigenvalue weighted by atomic mass is 32.2. The van der Waals surface area contributed by atoms with Crippen molar-refractivity contribution in [1.82, 2.24) is 33.3 Å². The first-order valence-corrected chi connectivity index (χ1v) is 18.6. The Hall–Kier alpha value is -4.99. The molecule has 0 aliphatic rings. The zero-order chi connectivity index (χ0) is 37.7. The summed E-state index contributed by atoms with van der Waals surface area (Å²) in [4.78, 5) is 37.0. The molecular weight excluding hydrogens is 687 g/mol. The summed E-state index contributed by atoms with van der Waals surface area (Å²) in [5.74, 6) is -0.431. The van der Waals surface area contributed by atoms with Crippen LogP contribution >= 0.6 is 0 Å². The smallest absolute Gasteiger partial charge is 0.332 e. The average molecular weight is 734 g/mol. The fourth-order valence-electron chi connectivity index (χ4n) is 6.27. The second-order valence-electron chi connectivity index (χ2n) is 13.6. The fourth-order valence-corrected chi connectivity index (χ4v) is 7.89. The van der Waals surface area contributed by atoms with Crippen molar-refractivity contribution in [1.29, 1.82) is 0 Å². The number of amides is 1. The normalized spacial score (nSPS) is 13.9. The zero-order valence-electron chi connectivity index (χ0n) is 30.2. The number of hydrogen-bond donors (Lipinski definition) is 3. The molecule has 0 saturated carbocycles. The van der Waals surface area contributed by atoms with Crippen molar-refractivity contribution in [3.8, 4) is 11.6 Å². The molecule has 278 valence electrons. The van der Waals surface area contributed by atoms with E-state index in [2.05, 4.69) is 15.3 Å². The summed E-state index contributed by atoms with van der Waals surface area (Å²) in [6.07, 6.45) is 1.70. The average Bonchev–Trinajstić information content (AvgIpc) is 3.57. The van der Waals surface area contributed by atoms with E-state index in [0.717, 1.165) is 10.1 Å². The molecule has 52 heavy (non-hydrogen) atoms. The van der Waals surface area contributed by atoms with Gasteiger partial charge in [0.05, 0.1) is 36.9 Å². The molecule has 15 heteroatoms. The first-order chi connectivity index (χ1) is 24.7. The number of sulfonamides is 1. The van der Waals surface area contributed by atoms with Gasteiger partial charge in [0, 0.05) is 26.3 Å². The van der Waals surface area contributed by atoms with Gasteiger partial charge in [0.1, 0.15) is 23.1 Å². The molecule has 3 atom stereocenters. The maximum atomic E-state index is 14.2. The van der Waals surface area contributed by atoms with E-state index in [1.807, 2.05) is 44.2 Å². The van der Waals surface area contributed by atoms with Crippen LogP contribution in [0.4, 0.5) is 0 Å². The van der Waals surface area contributed by atoms with Gasteiger partial charge in [-0.3, -0.25) is 13.9 Å². The van der Waals surface area contributed by atoms with Gasteiger partial charge in [0.15, 0.2) is 5.65 Å². The van der Waals surface area contributed by atoms with Crippen molar-refractivity contribution in [3.63, 3.8) is 0 Å². The van der Waals surface area contributed by atoms with E-state index >= 15 is 0 Å². The Balaban J connectivity index is 1.44. The number of aryl methyl sites for hydroxylation is 1. The van der Waals surface area contributed by atoms with Crippen molar-refractivity contribution in [2.75, 3.05) is 20.2 Å². The maximum absolute atomic E-state index is 14.2. The standard InChI is InChI=1S/C37H47N7O7S/c1-24(2)20-42(52(49,50)28-16-14-27(51-6)15-17-28)21-31(45)30(19-26-11-8-7-9-12-26)40-36(47)34(25(3)4)44-23-33(46)43(37(44)48)22-32-39-29-13-10-18-38-35(29)41(32)5/h7-18,23-25,30-31,34,45-46H,19-22H2,1-6H3,(H,40,47)/t30-,31+,34-/m0/s1. The highest BCUT2D eigenvalue weighted by Gasteiger charge is 2.34. The number of pyridine rings is 1. The maximum Gasteiger partial charge on any atom is 0.332 e. The van der Waals surface area contributed by atoms with Gasteiger partial charge in [-0.25, -0.2) is 23.2 Å². The van der Waals surface area contributed by atoms with Crippen molar-refractivity contribution in [2.24, 2.45) is 18.9 Å². The monoisotopic (exact) mass is 733 g/mol. The minimum Gasteiger partial charge on any atom is -0.497 e. The number of rotatable bonds is 16. The molecular formula is C37H47N7O7S. The highest BCUT2D eigenvalue weighted by Crippen LogP contribution is 2.24. The van der Waals surface area contributed by atoms with Crippen LogP contribution in [0, 0.1) is 11.8 Å². The molecule has 0 aliphatic heterocycles. The van der Waals surface area contributed by atoms with Crippen LogP contribution in [-0.2, 0) is 34.8 Å². The molecule has 5 aromatic rings. The minimum atomic E-state index is -4.05. The summed E-state index contributed by atoms with van der Waals surface area (Å²) in [5.41, 5.74) is 1.44. The lowest BCUT2D eigenvalue weighted by molar-refractivity contribution is -0.127. The van der Waals surface area contributed by atoms with Crippen LogP contribution in [0.2, 0.25) is 0 Å². The quantitative estimate of drug-likeness (QED) is 0.138. The molecule has 3 heterocycles. The zero-order valence-corrected chi connectivity index (χ0v) is 31.1. The lowest BCUT2D eigenvalue weighted by Crippen LogP contribution is -2.53. The van der Waals surface area contributed by atoms with Gasteiger partial charge < -0.3 is 24.8 Å². The largest absolute Gasteiger partial charge is 0.497 e. The molecule has 0 radical (unpaired) electrons. The summed E-state index contributed by atoms with van der Waals surface area (Å²) in [6, 6.07) is 16.8. The number of aliphatic hydroxyl groups excluding tert-OH is 1. The number of imidazole rings is 2. The van der Waals surface area contributed by atoms with Gasteiger partial charge >= 0.3 is 5.69 Å². The fraction of sp³-hybridized carbons (Fsp3) is 0.405. The summed E-state index contributed by atoms with van der Waals surface area (Å²) in [5, 5.41) is 25.6. The second-order valence-corrected chi connectivity index (χ2v) is 15.6. The van der Waals surface area contributed by atoms with Gasteiger partial charge in [-0.2, -0.15) is 4.31 Å². The van der Waals surface area contributed by atoms with Gasteiger partial charge in [0.2, 0.25) is 21.8 Å². The van der Waals surface area contributed by atoms with Gasteiger partial charge in [-0.1, -0.05) is 58.0 Å². The van der Waals surface area contributed by atoms with E-state index in [9.17, 15) is 28.2 Å². The molecule has 0 fully saturated rings. The van der Waals surface area contributed by atoms with Crippen LogP contribution in [0.1, 0.15) is 45.1 Å². The number of carbonyl (C=O) groups excluding carboxylic acids is 1. The van der Waals surface area contributed by atoms with E-state index in [4.69, 9.17) is 4.74 Å². The van der Waals surface area contributed by atoms with Crippen LogP contribution in [0.5, 0.6) is 11.6 Å². The summed E-state index contributed by atoms with van der Waals surface area (Å²) < 4.78 is 38.2. The highest BCUT2D eigenvalue weighted by molar-refractivity contribution is 7.89. The molecule has 3 N–H and O–H groups in total. The summed E-state index contributed by atoms with van der Waals surface area (Å²) >= 11 is 0. The Kier molecular flexibility index (Phi) is 11.9. The molecule has 5 rings (SSSR count). The van der Waals surface area contributed by atoms with E-state index in [-0.39, 0.29) is 42.7 Å². The topological polar surface area (TPSA) is 174 Å². The number of fused-ring (bicyclic) bond motifs is 1. The predicted octanol–water partition coefficient (Wildman–Crippen LogP) is 3.33. The number of nitrogens with one attached hydrogen (secondary N) is 1. The van der Waals surface area contributed by atoms with Crippen molar-refractivity contribution < 1.29 is 28.2 Å². The van der Waals surface area contributed by atoms with E-state index in [0.29, 0.717) is 22.7 Å². The molecule has 2 aromatic carbocycles. The van der Waals surface area contributed by atoms with E-state index in [1.165, 1.54) is 34.3 Å². The Labute approximate surface area is 303 Å². The third-order valence-electron chi connectivity index (χ3n) is 8.95. The SMILES string of the molecule is COc1ccc(S(=O)(=O)N(CC(C)C)C[C@@H](O)[C@H](Cc2ccccc2)NC(=O)[C@H](C(C)C)n2cc(O)n(Cc3nc4cccnc4n3C)c2=O)cc1. The van der Waals surface area contributed by atoms with Crippen molar-refractivity contribution in [2.45, 2.75) is 63.7 Å². The number of carbonyl (C=O) groups is 1. The van der Waals surface area contributed by atoms with E-state index < -0.39 is 45.7 Å². The number of ether oxygens (including phenoxy) is 1. The first kappa shape index (κ1) is 38.2. The molecule has 1 amide bonds. The molecule has 3 aromatic heterocycles. The molecule has 0 aliphatic carbocycles. The molecule has 0 spiro atoms. The third-order valence-corrected chi connectivity index (χ3v) is 10.8. The second kappa shape index (κ2) is 16.1. The number of aromatic hydroxyl groups is 1. The lowest BCUT2D eigenvalue weighted by Gasteiger charge is -2.32. The van der Waals surface area contributed by atoms with Crippen molar-refractivity contribution >= 4 is 27.1 Å². The van der Waals surface area contributed by atoms with Crippen LogP contribution in [-0.4, -0.2) is 84.9 Å². The lowest BCUT2D eigenvalue weighted by atomic mass is 9.98. The van der Waals surface area contributed by atoms with Crippen LogP contribution in [0.15, 0.2) is 88.8 Å². The van der Waals surface area contributed by atoms with Crippen molar-refractivity contribution in [3.05, 3.63) is 101 Å².